The first-order valence-corrected chi connectivity index (χ1v) is 10.9. The molecule has 7 heteroatoms. The highest BCUT2D eigenvalue weighted by Crippen LogP contribution is 2.43. The summed E-state index contributed by atoms with van der Waals surface area (Å²) in [5, 5.41) is 11.4. The summed E-state index contributed by atoms with van der Waals surface area (Å²) in [6.45, 7) is 5.66. The Labute approximate surface area is 198 Å². The van der Waals surface area contributed by atoms with Gasteiger partial charge in [0.15, 0.2) is 0 Å². The van der Waals surface area contributed by atoms with Gasteiger partial charge in [-0.2, -0.15) is 0 Å². The molecule has 7 nitrogen and oxygen atoms in total. The first kappa shape index (κ1) is 23.2. The van der Waals surface area contributed by atoms with Gasteiger partial charge in [-0.15, -0.1) is 0 Å². The number of benzene rings is 2. The predicted molar refractivity (Wildman–Crippen MR) is 127 cm³/mol. The number of hydrogen-bond acceptors (Lipinski definition) is 6. The molecule has 1 aliphatic heterocycles. The third-order valence-electron chi connectivity index (χ3n) is 5.94. The summed E-state index contributed by atoms with van der Waals surface area (Å²) >= 11 is 0. The number of hydrogen-bond donors (Lipinski definition) is 1. The molecule has 1 amide bonds. The van der Waals surface area contributed by atoms with Crippen molar-refractivity contribution in [2.45, 2.75) is 33.4 Å². The van der Waals surface area contributed by atoms with E-state index < -0.39 is 17.7 Å². The minimum absolute atomic E-state index is 0.0365. The second-order valence-electron chi connectivity index (χ2n) is 8.39. The maximum atomic E-state index is 13.3. The van der Waals surface area contributed by atoms with E-state index in [0.717, 1.165) is 16.7 Å². The summed E-state index contributed by atoms with van der Waals surface area (Å²) in [7, 11) is 3.07. The molecule has 1 N–H and O–H groups in total. The molecule has 34 heavy (non-hydrogen) atoms. The smallest absolute Gasteiger partial charge is 0.296 e. The van der Waals surface area contributed by atoms with Gasteiger partial charge in [-0.05, 0) is 67.8 Å². The van der Waals surface area contributed by atoms with Crippen LogP contribution in [-0.4, -0.2) is 35.9 Å². The van der Waals surface area contributed by atoms with E-state index in [1.807, 2.05) is 32.0 Å². The quantitative estimate of drug-likeness (QED) is 0.321. The van der Waals surface area contributed by atoms with Crippen LogP contribution >= 0.6 is 0 Å². The van der Waals surface area contributed by atoms with Crippen LogP contribution in [0.5, 0.6) is 11.5 Å². The van der Waals surface area contributed by atoms with Crippen LogP contribution in [0.4, 0.5) is 0 Å². The van der Waals surface area contributed by atoms with Gasteiger partial charge in [0.05, 0.1) is 25.4 Å². The number of nitrogens with zero attached hydrogens (tertiary/aromatic N) is 1. The van der Waals surface area contributed by atoms with Crippen molar-refractivity contribution in [1.29, 1.82) is 0 Å². The summed E-state index contributed by atoms with van der Waals surface area (Å²) in [4.78, 5) is 27.9. The van der Waals surface area contributed by atoms with Gasteiger partial charge >= 0.3 is 0 Å². The first-order chi connectivity index (χ1) is 16.2. The van der Waals surface area contributed by atoms with E-state index >= 15 is 0 Å². The fraction of sp³-hybridized carbons (Fsp3) is 0.259. The summed E-state index contributed by atoms with van der Waals surface area (Å²) in [5.41, 5.74) is 2.78. The van der Waals surface area contributed by atoms with E-state index in [0.29, 0.717) is 28.6 Å². The Hall–Kier alpha value is -4.00. The van der Waals surface area contributed by atoms with Gasteiger partial charge in [-0.3, -0.25) is 9.59 Å². The molecular weight excluding hydrogens is 434 g/mol. The maximum Gasteiger partial charge on any atom is 0.296 e. The van der Waals surface area contributed by atoms with Crippen LogP contribution in [-0.2, 0) is 16.1 Å². The lowest BCUT2D eigenvalue weighted by Gasteiger charge is -2.24. The van der Waals surface area contributed by atoms with Gasteiger partial charge in [0.1, 0.15) is 34.8 Å². The first-order valence-electron chi connectivity index (χ1n) is 10.9. The van der Waals surface area contributed by atoms with Crippen LogP contribution in [0.15, 0.2) is 58.5 Å². The molecule has 1 aromatic heterocycles. The SMILES string of the molecule is COc1cccc(CN2C(=O)C(=O)/C(=C(/O)c3cc(C)cc(C)c3OC)C2c2ccc(C)o2)c1. The molecule has 0 saturated carbocycles. The van der Waals surface area contributed by atoms with Gasteiger partial charge in [0.2, 0.25) is 0 Å². The summed E-state index contributed by atoms with van der Waals surface area (Å²) < 4.78 is 16.7. The third-order valence-corrected chi connectivity index (χ3v) is 5.94. The number of methoxy groups -OCH3 is 2. The summed E-state index contributed by atoms with van der Waals surface area (Å²) in [6, 6.07) is 13.5. The average molecular weight is 462 g/mol. The van der Waals surface area contributed by atoms with Gasteiger partial charge in [-0.25, -0.2) is 0 Å². The molecule has 4 rings (SSSR count). The topological polar surface area (TPSA) is 89.2 Å². The second kappa shape index (κ2) is 9.09. The van der Waals surface area contributed by atoms with Crippen molar-refractivity contribution < 1.29 is 28.6 Å². The molecule has 1 aliphatic rings. The molecule has 1 fully saturated rings. The second-order valence-corrected chi connectivity index (χ2v) is 8.39. The highest BCUT2D eigenvalue weighted by Gasteiger charge is 2.47. The molecule has 0 aliphatic carbocycles. The number of carbonyl (C=O) groups is 2. The van der Waals surface area contributed by atoms with E-state index in [1.165, 1.54) is 12.0 Å². The summed E-state index contributed by atoms with van der Waals surface area (Å²) in [5.74, 6) is 0.313. The van der Waals surface area contributed by atoms with Crippen LogP contribution in [0, 0.1) is 20.8 Å². The van der Waals surface area contributed by atoms with Crippen LogP contribution in [0.2, 0.25) is 0 Å². The number of ketones is 1. The maximum absolute atomic E-state index is 13.3. The molecule has 1 atom stereocenters. The molecule has 1 saturated heterocycles. The number of furan rings is 1. The zero-order valence-electron chi connectivity index (χ0n) is 19.8. The molecular formula is C27H27NO6. The van der Waals surface area contributed by atoms with Crippen molar-refractivity contribution in [2.24, 2.45) is 0 Å². The third kappa shape index (κ3) is 4.05. The van der Waals surface area contributed by atoms with Crippen molar-refractivity contribution in [3.05, 3.63) is 87.9 Å². The molecule has 2 heterocycles. The van der Waals surface area contributed by atoms with Crippen LogP contribution in [0.25, 0.3) is 5.76 Å². The fourth-order valence-corrected chi connectivity index (χ4v) is 4.45. The monoisotopic (exact) mass is 461 g/mol. The molecule has 3 aromatic rings. The Balaban J connectivity index is 1.90. The lowest BCUT2D eigenvalue weighted by atomic mass is 9.96. The van der Waals surface area contributed by atoms with Crippen molar-refractivity contribution in [3.8, 4) is 11.5 Å². The summed E-state index contributed by atoms with van der Waals surface area (Å²) in [6.07, 6.45) is 0. The number of likely N-dealkylation sites (tertiary alicyclic amines) is 1. The standard InChI is InChI=1S/C27H27NO6/c1-15-11-16(2)26(33-5)20(12-15)24(29)22-23(21-10-9-17(3)34-21)28(27(31)25(22)30)14-18-7-6-8-19(13-18)32-4/h6-13,23,29H,14H2,1-5H3/b24-22+. The van der Waals surface area contributed by atoms with Crippen molar-refractivity contribution in [2.75, 3.05) is 14.2 Å². The number of Topliss-reactive ketones (excluding diaryl/α,β-unsaturated/α-hetero) is 1. The number of carbonyl (C=O) groups excluding carboxylic acids is 2. The predicted octanol–water partition coefficient (Wildman–Crippen LogP) is 4.84. The van der Waals surface area contributed by atoms with E-state index in [-0.39, 0.29) is 17.9 Å². The number of aliphatic hydroxyl groups excluding tert-OH is 1. The lowest BCUT2D eigenvalue weighted by Crippen LogP contribution is -2.29. The largest absolute Gasteiger partial charge is 0.507 e. The Kier molecular flexibility index (Phi) is 6.20. The molecule has 176 valence electrons. The van der Waals surface area contributed by atoms with E-state index in [1.54, 1.807) is 44.4 Å². The Morgan fingerprint density at radius 3 is 2.44 bits per heavy atom. The van der Waals surface area contributed by atoms with Gasteiger partial charge < -0.3 is 23.9 Å². The fourth-order valence-electron chi connectivity index (χ4n) is 4.45. The minimum Gasteiger partial charge on any atom is -0.507 e. The number of amides is 1. The Morgan fingerprint density at radius 2 is 1.79 bits per heavy atom. The Morgan fingerprint density at radius 1 is 1.03 bits per heavy atom. The van der Waals surface area contributed by atoms with Gasteiger partial charge in [-0.1, -0.05) is 18.2 Å². The number of aryl methyl sites for hydroxylation is 3. The van der Waals surface area contributed by atoms with Crippen molar-refractivity contribution in [1.82, 2.24) is 4.90 Å². The van der Waals surface area contributed by atoms with Crippen LogP contribution < -0.4 is 9.47 Å². The van der Waals surface area contributed by atoms with E-state index in [9.17, 15) is 14.7 Å². The average Bonchev–Trinajstić information content (AvgIpc) is 3.34. The molecule has 0 radical (unpaired) electrons. The van der Waals surface area contributed by atoms with Gasteiger partial charge in [0.25, 0.3) is 11.7 Å². The van der Waals surface area contributed by atoms with Crippen LogP contribution in [0.3, 0.4) is 0 Å². The van der Waals surface area contributed by atoms with E-state index in [2.05, 4.69) is 0 Å². The molecule has 0 spiro atoms. The zero-order chi connectivity index (χ0) is 24.6. The van der Waals surface area contributed by atoms with Gasteiger partial charge in [0, 0.05) is 6.54 Å². The molecule has 0 bridgehead atoms. The number of aliphatic hydroxyl groups is 1. The minimum atomic E-state index is -0.898. The normalized spacial score (nSPS) is 17.3. The number of ether oxygens (including phenoxy) is 2. The van der Waals surface area contributed by atoms with Crippen molar-refractivity contribution >= 4 is 17.4 Å². The van der Waals surface area contributed by atoms with Crippen LogP contribution in [0.1, 0.15) is 39.8 Å². The Bertz CT molecular complexity index is 1300. The highest BCUT2D eigenvalue weighted by molar-refractivity contribution is 6.46. The van der Waals surface area contributed by atoms with Crippen molar-refractivity contribution in [3.63, 3.8) is 0 Å². The van der Waals surface area contributed by atoms with E-state index in [4.69, 9.17) is 13.9 Å². The molecule has 2 aromatic carbocycles. The zero-order valence-corrected chi connectivity index (χ0v) is 19.8. The highest BCUT2D eigenvalue weighted by atomic mass is 16.5. The molecule has 1 unspecified atom stereocenters. The number of rotatable bonds is 6. The lowest BCUT2D eigenvalue weighted by molar-refractivity contribution is -0.140.